The van der Waals surface area contributed by atoms with Crippen molar-refractivity contribution in [1.29, 1.82) is 0 Å². The number of fused-ring (bicyclic) bond motifs is 1. The number of hydrogen-bond acceptors (Lipinski definition) is 7. The minimum Gasteiger partial charge on any atom is -0.488 e. The number of ether oxygens (including phenoxy) is 1. The summed E-state index contributed by atoms with van der Waals surface area (Å²) in [7, 11) is 4.00. The summed E-state index contributed by atoms with van der Waals surface area (Å²) in [5.74, 6) is 1.30. The minimum absolute atomic E-state index is 0.499. The van der Waals surface area contributed by atoms with Crippen LogP contribution in [0.4, 0.5) is 11.5 Å². The Morgan fingerprint density at radius 3 is 2.55 bits per heavy atom. The lowest BCUT2D eigenvalue weighted by Crippen LogP contribution is -2.29. The van der Waals surface area contributed by atoms with Crippen molar-refractivity contribution in [2.75, 3.05) is 45.2 Å². The molecule has 0 saturated carbocycles. The summed E-state index contributed by atoms with van der Waals surface area (Å²) in [5.41, 5.74) is 2.98. The van der Waals surface area contributed by atoms with Crippen molar-refractivity contribution in [3.05, 3.63) is 48.4 Å². The Morgan fingerprint density at radius 1 is 1.17 bits per heavy atom. The predicted octanol–water partition coefficient (Wildman–Crippen LogP) is 3.11. The van der Waals surface area contributed by atoms with Gasteiger partial charge in [0.05, 0.1) is 29.8 Å². The van der Waals surface area contributed by atoms with E-state index in [1.165, 1.54) is 38.5 Å². The van der Waals surface area contributed by atoms with Crippen LogP contribution in [0.1, 0.15) is 35.3 Å². The summed E-state index contributed by atoms with van der Waals surface area (Å²) in [4.78, 5) is 24.0. The number of anilines is 2. The summed E-state index contributed by atoms with van der Waals surface area (Å²) in [6, 6.07) is 5.57. The van der Waals surface area contributed by atoms with Crippen LogP contribution in [0.25, 0.3) is 5.70 Å². The molecule has 0 unspecified atom stereocenters. The predicted molar refractivity (Wildman–Crippen MR) is 116 cm³/mol. The van der Waals surface area contributed by atoms with E-state index in [9.17, 15) is 4.79 Å². The van der Waals surface area contributed by atoms with Gasteiger partial charge in [0, 0.05) is 18.8 Å². The molecule has 7 heteroatoms. The van der Waals surface area contributed by atoms with E-state index in [-0.39, 0.29) is 0 Å². The smallest absolute Gasteiger partial charge is 0.176 e. The van der Waals surface area contributed by atoms with Gasteiger partial charge in [0.25, 0.3) is 0 Å². The molecule has 0 aliphatic carbocycles. The van der Waals surface area contributed by atoms with E-state index < -0.39 is 0 Å². The van der Waals surface area contributed by atoms with Crippen LogP contribution in [0.3, 0.4) is 0 Å². The quantitative estimate of drug-likeness (QED) is 0.798. The van der Waals surface area contributed by atoms with E-state index in [0.29, 0.717) is 30.3 Å². The number of hydrogen-bond donors (Lipinski definition) is 1. The van der Waals surface area contributed by atoms with Crippen LogP contribution >= 0.6 is 0 Å². The van der Waals surface area contributed by atoms with Gasteiger partial charge >= 0.3 is 0 Å². The van der Waals surface area contributed by atoms with E-state index in [1.54, 1.807) is 12.3 Å². The summed E-state index contributed by atoms with van der Waals surface area (Å²) in [6.07, 6.45) is 8.35. The molecule has 1 saturated heterocycles. The standard InChI is InChI=1S/C16H16N4O2.C6H13N/c1-11(17-2)14-4-3-13(9-18-14)20-5-6-22-15-7-12(10-21)8-19-16(15)20;1-7-5-3-2-4-6-7/h3-4,7-10,17H,1,5-6H2,2H3;2-6H2,1H3. The molecule has 2 aliphatic rings. The zero-order valence-electron chi connectivity index (χ0n) is 17.2. The summed E-state index contributed by atoms with van der Waals surface area (Å²) < 4.78 is 5.59. The Bertz CT molecular complexity index is 832. The van der Waals surface area contributed by atoms with Gasteiger partial charge in [-0.2, -0.15) is 0 Å². The Labute approximate surface area is 172 Å². The van der Waals surface area contributed by atoms with E-state index in [1.807, 2.05) is 24.1 Å². The van der Waals surface area contributed by atoms with E-state index in [0.717, 1.165) is 23.4 Å². The highest BCUT2D eigenvalue weighted by Gasteiger charge is 2.21. The van der Waals surface area contributed by atoms with Crippen LogP contribution in [-0.4, -0.2) is 61.5 Å². The highest BCUT2D eigenvalue weighted by Crippen LogP contribution is 2.34. The molecular weight excluding hydrogens is 366 g/mol. The second-order valence-corrected chi connectivity index (χ2v) is 7.20. The molecule has 0 spiro atoms. The third kappa shape index (κ3) is 5.32. The molecule has 1 fully saturated rings. The maximum Gasteiger partial charge on any atom is 0.176 e. The van der Waals surface area contributed by atoms with Crippen LogP contribution in [0.15, 0.2) is 37.2 Å². The monoisotopic (exact) mass is 395 g/mol. The number of aldehydes is 1. The third-order valence-electron chi connectivity index (χ3n) is 5.07. The molecule has 0 amide bonds. The van der Waals surface area contributed by atoms with Crippen LogP contribution in [0.2, 0.25) is 0 Å². The first-order chi connectivity index (χ1) is 14.1. The number of aromatic nitrogens is 2. The number of nitrogens with zero attached hydrogens (tertiary/aromatic N) is 4. The number of pyridine rings is 2. The number of nitrogens with one attached hydrogen (secondary N) is 1. The van der Waals surface area contributed by atoms with Crippen LogP contribution in [-0.2, 0) is 0 Å². The van der Waals surface area contributed by atoms with Crippen LogP contribution < -0.4 is 15.0 Å². The van der Waals surface area contributed by atoms with Gasteiger partial charge in [-0.1, -0.05) is 13.0 Å². The Balaban J connectivity index is 0.000000290. The first kappa shape index (κ1) is 20.8. The second-order valence-electron chi connectivity index (χ2n) is 7.20. The third-order valence-corrected chi connectivity index (χ3v) is 5.07. The van der Waals surface area contributed by atoms with Gasteiger partial charge in [-0.05, 0) is 51.2 Å². The first-order valence-electron chi connectivity index (χ1n) is 9.99. The molecule has 2 aliphatic heterocycles. The van der Waals surface area contributed by atoms with Crippen molar-refractivity contribution in [2.45, 2.75) is 19.3 Å². The minimum atomic E-state index is 0.499. The summed E-state index contributed by atoms with van der Waals surface area (Å²) >= 11 is 0. The molecule has 2 aromatic rings. The fraction of sp³-hybridized carbons (Fsp3) is 0.409. The first-order valence-corrected chi connectivity index (χ1v) is 9.99. The van der Waals surface area contributed by atoms with E-state index in [2.05, 4.69) is 33.8 Å². The van der Waals surface area contributed by atoms with E-state index >= 15 is 0 Å². The molecule has 2 aromatic heterocycles. The molecule has 0 radical (unpaired) electrons. The van der Waals surface area contributed by atoms with Crippen molar-refractivity contribution < 1.29 is 9.53 Å². The molecule has 29 heavy (non-hydrogen) atoms. The Hall–Kier alpha value is -2.93. The number of piperidine rings is 1. The lowest BCUT2D eigenvalue weighted by Gasteiger charge is -2.29. The Morgan fingerprint density at radius 2 is 1.97 bits per heavy atom. The molecule has 0 atom stereocenters. The topological polar surface area (TPSA) is 70.6 Å². The SMILES string of the molecule is C=C(NC)c1ccc(N2CCOc3cc(C=O)cnc32)cn1.CN1CCCCC1. The fourth-order valence-electron chi connectivity index (χ4n) is 3.33. The zero-order chi connectivity index (χ0) is 20.6. The van der Waals surface area contributed by atoms with Crippen molar-refractivity contribution in [1.82, 2.24) is 20.2 Å². The number of carbonyl (C=O) groups is 1. The molecule has 154 valence electrons. The van der Waals surface area contributed by atoms with Crippen molar-refractivity contribution >= 4 is 23.5 Å². The number of likely N-dealkylation sites (tertiary alicyclic amines) is 1. The number of rotatable bonds is 4. The fourth-order valence-corrected chi connectivity index (χ4v) is 3.33. The van der Waals surface area contributed by atoms with Gasteiger partial charge in [-0.25, -0.2) is 4.98 Å². The molecule has 0 aromatic carbocycles. The molecular formula is C22H29N5O2. The van der Waals surface area contributed by atoms with Crippen molar-refractivity contribution in [3.63, 3.8) is 0 Å². The Kier molecular flexibility index (Phi) is 7.19. The average Bonchev–Trinajstić information content (AvgIpc) is 2.78. The van der Waals surface area contributed by atoms with Gasteiger partial charge in [0.2, 0.25) is 0 Å². The molecule has 4 rings (SSSR count). The summed E-state index contributed by atoms with van der Waals surface area (Å²) in [6.45, 7) is 7.73. The van der Waals surface area contributed by atoms with E-state index in [4.69, 9.17) is 4.74 Å². The maximum atomic E-state index is 10.8. The molecule has 7 nitrogen and oxygen atoms in total. The zero-order valence-corrected chi connectivity index (χ0v) is 17.2. The second kappa shape index (κ2) is 10.0. The van der Waals surface area contributed by atoms with Gasteiger partial charge < -0.3 is 19.9 Å². The van der Waals surface area contributed by atoms with Gasteiger partial charge in [-0.3, -0.25) is 9.78 Å². The average molecular weight is 396 g/mol. The molecule has 0 bridgehead atoms. The lowest BCUT2D eigenvalue weighted by molar-refractivity contribution is 0.112. The van der Waals surface area contributed by atoms with Gasteiger partial charge in [0.15, 0.2) is 17.9 Å². The summed E-state index contributed by atoms with van der Waals surface area (Å²) in [5, 5.41) is 2.97. The van der Waals surface area contributed by atoms with Gasteiger partial charge in [-0.15, -0.1) is 0 Å². The van der Waals surface area contributed by atoms with Gasteiger partial charge in [0.1, 0.15) is 6.61 Å². The molecule has 1 N–H and O–H groups in total. The number of carbonyl (C=O) groups excluding carboxylic acids is 1. The van der Waals surface area contributed by atoms with Crippen molar-refractivity contribution in [3.8, 4) is 5.75 Å². The molecule has 4 heterocycles. The highest BCUT2D eigenvalue weighted by atomic mass is 16.5. The highest BCUT2D eigenvalue weighted by molar-refractivity contribution is 5.78. The lowest BCUT2D eigenvalue weighted by atomic mass is 10.1. The largest absolute Gasteiger partial charge is 0.488 e. The van der Waals surface area contributed by atoms with Crippen molar-refractivity contribution in [2.24, 2.45) is 0 Å². The maximum absolute atomic E-state index is 10.8. The van der Waals surface area contributed by atoms with Crippen LogP contribution in [0, 0.1) is 0 Å². The van der Waals surface area contributed by atoms with Crippen LogP contribution in [0.5, 0.6) is 5.75 Å². The normalized spacial score (nSPS) is 16.0.